The molecule has 2 atom stereocenters. The van der Waals surface area contributed by atoms with Crippen LogP contribution in [0.1, 0.15) is 30.3 Å². The van der Waals surface area contributed by atoms with Crippen molar-refractivity contribution in [2.45, 2.75) is 25.8 Å². The normalized spacial score (nSPS) is 17.6. The molecule has 0 spiro atoms. The van der Waals surface area contributed by atoms with Gasteiger partial charge in [-0.3, -0.25) is 9.59 Å². The van der Waals surface area contributed by atoms with E-state index in [0.29, 0.717) is 25.0 Å². The van der Waals surface area contributed by atoms with Crippen molar-refractivity contribution in [1.29, 1.82) is 0 Å². The molecule has 28 heavy (non-hydrogen) atoms. The van der Waals surface area contributed by atoms with Crippen LogP contribution in [0.4, 0.5) is 0 Å². The number of hydrogen-bond acceptors (Lipinski definition) is 5. The van der Waals surface area contributed by atoms with Crippen molar-refractivity contribution in [2.75, 3.05) is 13.2 Å². The summed E-state index contributed by atoms with van der Waals surface area (Å²) in [4.78, 5) is 36.2. The lowest BCUT2D eigenvalue weighted by atomic mass is 9.98. The number of carbonyl (C=O) groups excluding carboxylic acids is 3. The number of nitrogens with one attached hydrogen (secondary N) is 2. The van der Waals surface area contributed by atoms with Crippen LogP contribution >= 0.6 is 15.9 Å². The Labute approximate surface area is 170 Å². The first kappa shape index (κ1) is 20.1. The van der Waals surface area contributed by atoms with Crippen LogP contribution in [-0.4, -0.2) is 37.0 Å². The van der Waals surface area contributed by atoms with E-state index in [1.54, 1.807) is 25.1 Å². The lowest BCUT2D eigenvalue weighted by Gasteiger charge is -2.17. The van der Waals surface area contributed by atoms with Gasteiger partial charge in [0.15, 0.2) is 5.76 Å². The van der Waals surface area contributed by atoms with Gasteiger partial charge in [-0.15, -0.1) is 0 Å². The molecule has 0 unspecified atom stereocenters. The number of fused-ring (bicyclic) bond motifs is 1. The van der Waals surface area contributed by atoms with Crippen LogP contribution in [0.25, 0.3) is 11.0 Å². The van der Waals surface area contributed by atoms with Crippen molar-refractivity contribution in [3.63, 3.8) is 0 Å². The summed E-state index contributed by atoms with van der Waals surface area (Å²) in [6.07, 6.45) is 3.91. The maximum Gasteiger partial charge on any atom is 0.330 e. The molecule has 0 saturated carbocycles. The van der Waals surface area contributed by atoms with Crippen molar-refractivity contribution in [3.8, 4) is 0 Å². The number of rotatable bonds is 7. The fourth-order valence-electron chi connectivity index (χ4n) is 3.11. The minimum atomic E-state index is -0.509. The predicted molar refractivity (Wildman–Crippen MR) is 107 cm³/mol. The number of ether oxygens (including phenoxy) is 1. The summed E-state index contributed by atoms with van der Waals surface area (Å²) in [5.74, 6) is -1.00. The monoisotopic (exact) mass is 448 g/mol. The van der Waals surface area contributed by atoms with Crippen LogP contribution in [-0.2, 0) is 14.3 Å². The highest BCUT2D eigenvalue weighted by atomic mass is 79.9. The number of amides is 2. The quantitative estimate of drug-likeness (QED) is 0.501. The molecule has 0 bridgehead atoms. The molecular formula is C20H21BrN2O5. The summed E-state index contributed by atoms with van der Waals surface area (Å²) >= 11 is 3.39. The van der Waals surface area contributed by atoms with Gasteiger partial charge in [0, 0.05) is 34.4 Å². The minimum absolute atomic E-state index is 0.0441. The lowest BCUT2D eigenvalue weighted by molar-refractivity contribution is -0.137. The Morgan fingerprint density at radius 1 is 1.43 bits per heavy atom. The third-order valence-electron chi connectivity index (χ3n) is 4.47. The molecule has 1 aliphatic rings. The Hall–Kier alpha value is -2.61. The van der Waals surface area contributed by atoms with Gasteiger partial charge in [0.25, 0.3) is 5.91 Å². The van der Waals surface area contributed by atoms with E-state index in [9.17, 15) is 14.4 Å². The van der Waals surface area contributed by atoms with E-state index in [0.717, 1.165) is 9.86 Å². The van der Waals surface area contributed by atoms with Crippen LogP contribution in [0.15, 0.2) is 45.3 Å². The Kier molecular flexibility index (Phi) is 6.51. The standard InChI is InChI=1S/C20H21BrN2O5/c1-2-27-18(24)6-4-15(10-12-7-8-22-19(12)25)23-20(26)17-11-13-9-14(21)3-5-16(13)28-17/h3-6,9,11-12,15H,2,7-8,10H2,1H3,(H,22,25)(H,23,26)/b6-4+/t12-,15+/m0/s1. The lowest BCUT2D eigenvalue weighted by Crippen LogP contribution is -2.36. The average molecular weight is 449 g/mol. The van der Waals surface area contributed by atoms with Crippen molar-refractivity contribution in [3.05, 3.63) is 46.7 Å². The molecule has 0 radical (unpaired) electrons. The first-order chi connectivity index (χ1) is 13.5. The number of hydrogen-bond donors (Lipinski definition) is 2. The molecule has 2 N–H and O–H groups in total. The van der Waals surface area contributed by atoms with Crippen molar-refractivity contribution in [1.82, 2.24) is 10.6 Å². The van der Waals surface area contributed by atoms with E-state index in [4.69, 9.17) is 9.15 Å². The number of carbonyl (C=O) groups is 3. The number of furan rings is 1. The van der Waals surface area contributed by atoms with Crippen LogP contribution in [0, 0.1) is 5.92 Å². The smallest absolute Gasteiger partial charge is 0.330 e. The second kappa shape index (κ2) is 9.05. The fourth-order valence-corrected chi connectivity index (χ4v) is 3.49. The highest BCUT2D eigenvalue weighted by Gasteiger charge is 2.27. The summed E-state index contributed by atoms with van der Waals surface area (Å²) in [5, 5.41) is 6.41. The summed E-state index contributed by atoms with van der Waals surface area (Å²) < 4.78 is 11.4. The topological polar surface area (TPSA) is 97.6 Å². The zero-order valence-electron chi connectivity index (χ0n) is 15.4. The molecular weight excluding hydrogens is 428 g/mol. The van der Waals surface area contributed by atoms with Crippen molar-refractivity contribution in [2.24, 2.45) is 5.92 Å². The molecule has 148 valence electrons. The van der Waals surface area contributed by atoms with Gasteiger partial charge in [-0.05, 0) is 44.0 Å². The number of benzene rings is 1. The van der Waals surface area contributed by atoms with Gasteiger partial charge < -0.3 is 19.8 Å². The molecule has 1 saturated heterocycles. The molecule has 3 rings (SSSR count). The molecule has 1 aliphatic heterocycles. The predicted octanol–water partition coefficient (Wildman–Crippen LogP) is 2.94. The Morgan fingerprint density at radius 2 is 2.25 bits per heavy atom. The Bertz CT molecular complexity index is 920. The fraction of sp³-hybridized carbons (Fsp3) is 0.350. The van der Waals surface area contributed by atoms with Crippen LogP contribution in [0.2, 0.25) is 0 Å². The van der Waals surface area contributed by atoms with Gasteiger partial charge in [-0.2, -0.15) is 0 Å². The Morgan fingerprint density at radius 3 is 2.96 bits per heavy atom. The summed E-state index contributed by atoms with van der Waals surface area (Å²) in [7, 11) is 0. The van der Waals surface area contributed by atoms with E-state index in [1.807, 2.05) is 12.1 Å². The summed E-state index contributed by atoms with van der Waals surface area (Å²) in [5.41, 5.74) is 0.599. The molecule has 1 aromatic heterocycles. The minimum Gasteiger partial charge on any atom is -0.463 e. The highest BCUT2D eigenvalue weighted by molar-refractivity contribution is 9.10. The summed E-state index contributed by atoms with van der Waals surface area (Å²) in [6, 6.07) is 6.61. The first-order valence-electron chi connectivity index (χ1n) is 9.09. The third-order valence-corrected chi connectivity index (χ3v) is 4.96. The van der Waals surface area contributed by atoms with Gasteiger partial charge in [0.2, 0.25) is 5.91 Å². The van der Waals surface area contributed by atoms with E-state index in [-0.39, 0.29) is 24.2 Å². The SMILES string of the molecule is CCOC(=O)/C=C/[C@H](C[C@@H]1CCNC1=O)NC(=O)c1cc2cc(Br)ccc2o1. The first-order valence-corrected chi connectivity index (χ1v) is 9.88. The maximum atomic E-state index is 12.7. The van der Waals surface area contributed by atoms with Crippen LogP contribution in [0.5, 0.6) is 0 Å². The van der Waals surface area contributed by atoms with Gasteiger partial charge in [-0.25, -0.2) is 4.79 Å². The van der Waals surface area contributed by atoms with Gasteiger partial charge >= 0.3 is 5.97 Å². The average Bonchev–Trinajstić information content (AvgIpc) is 3.25. The molecule has 8 heteroatoms. The van der Waals surface area contributed by atoms with E-state index < -0.39 is 17.9 Å². The number of esters is 1. The number of halogens is 1. The molecule has 1 aromatic carbocycles. The van der Waals surface area contributed by atoms with E-state index in [2.05, 4.69) is 26.6 Å². The summed E-state index contributed by atoms with van der Waals surface area (Å²) in [6.45, 7) is 2.60. The molecule has 7 nitrogen and oxygen atoms in total. The molecule has 0 aliphatic carbocycles. The van der Waals surface area contributed by atoms with Gasteiger partial charge in [0.1, 0.15) is 5.58 Å². The zero-order chi connectivity index (χ0) is 20.1. The van der Waals surface area contributed by atoms with Crippen LogP contribution < -0.4 is 10.6 Å². The third kappa shape index (κ3) is 5.01. The molecule has 2 aromatic rings. The molecule has 2 heterocycles. The van der Waals surface area contributed by atoms with E-state index >= 15 is 0 Å². The molecule has 1 fully saturated rings. The Balaban J connectivity index is 1.74. The molecule has 2 amide bonds. The second-order valence-corrected chi connectivity index (χ2v) is 7.41. The van der Waals surface area contributed by atoms with Gasteiger partial charge in [0.05, 0.1) is 6.61 Å². The zero-order valence-corrected chi connectivity index (χ0v) is 17.0. The van der Waals surface area contributed by atoms with E-state index in [1.165, 1.54) is 6.08 Å². The highest BCUT2D eigenvalue weighted by Crippen LogP contribution is 2.24. The largest absolute Gasteiger partial charge is 0.463 e. The maximum absolute atomic E-state index is 12.7. The van der Waals surface area contributed by atoms with Crippen molar-refractivity contribution < 1.29 is 23.5 Å². The second-order valence-electron chi connectivity index (χ2n) is 6.50. The van der Waals surface area contributed by atoms with Crippen LogP contribution in [0.3, 0.4) is 0 Å². The van der Waals surface area contributed by atoms with Gasteiger partial charge in [-0.1, -0.05) is 22.0 Å². The van der Waals surface area contributed by atoms with Crippen molar-refractivity contribution >= 4 is 44.7 Å².